The number of hydrogen-bond donors (Lipinski definition) is 0. The van der Waals surface area contributed by atoms with E-state index in [1.165, 1.54) is 0 Å². The van der Waals surface area contributed by atoms with Crippen LogP contribution >= 0.6 is 0 Å². The molecule has 1 aliphatic rings. The zero-order valence-corrected chi connectivity index (χ0v) is 15.2. The van der Waals surface area contributed by atoms with Crippen molar-refractivity contribution in [3.8, 4) is 5.75 Å². The number of benzene rings is 2. The smallest absolute Gasteiger partial charge is 0.316 e. The van der Waals surface area contributed by atoms with Gasteiger partial charge in [-0.3, -0.25) is 9.59 Å². The van der Waals surface area contributed by atoms with Crippen molar-refractivity contribution in [2.45, 2.75) is 26.5 Å². The van der Waals surface area contributed by atoms with Crippen LogP contribution in [0.1, 0.15) is 29.4 Å². The SMILES string of the molecule is CCOC(=O)C1CCn2c(cc3cc(OCc4ccccc4)ccc32)C1=O. The Labute approximate surface area is 157 Å². The number of ketones is 1. The van der Waals surface area contributed by atoms with Gasteiger partial charge in [0.25, 0.3) is 0 Å². The van der Waals surface area contributed by atoms with Gasteiger partial charge >= 0.3 is 5.97 Å². The molecular formula is C22H21NO4. The number of carbonyl (C=O) groups excluding carboxylic acids is 2. The second-order valence-electron chi connectivity index (χ2n) is 6.63. The number of fused-ring (bicyclic) bond motifs is 3. The number of ether oxygens (including phenoxy) is 2. The first-order valence-electron chi connectivity index (χ1n) is 9.18. The molecule has 1 aliphatic heterocycles. The minimum absolute atomic E-state index is 0.164. The summed E-state index contributed by atoms with van der Waals surface area (Å²) in [5.41, 5.74) is 2.64. The lowest BCUT2D eigenvalue weighted by Gasteiger charge is -2.22. The van der Waals surface area contributed by atoms with Crippen molar-refractivity contribution < 1.29 is 19.1 Å². The van der Waals surface area contributed by atoms with Crippen LogP contribution in [0.5, 0.6) is 5.75 Å². The molecule has 2 heterocycles. The molecule has 0 aliphatic carbocycles. The van der Waals surface area contributed by atoms with Crippen molar-refractivity contribution in [2.75, 3.05) is 6.61 Å². The number of rotatable bonds is 5. The van der Waals surface area contributed by atoms with Gasteiger partial charge in [-0.1, -0.05) is 30.3 Å². The Morgan fingerprint density at radius 1 is 1.15 bits per heavy atom. The van der Waals surface area contributed by atoms with Gasteiger partial charge in [-0.2, -0.15) is 0 Å². The van der Waals surface area contributed by atoms with E-state index < -0.39 is 11.9 Å². The first-order valence-corrected chi connectivity index (χ1v) is 9.18. The monoisotopic (exact) mass is 363 g/mol. The maximum absolute atomic E-state index is 12.7. The minimum atomic E-state index is -0.699. The van der Waals surface area contributed by atoms with Gasteiger partial charge in [0.15, 0.2) is 5.78 Å². The molecule has 138 valence electrons. The van der Waals surface area contributed by atoms with Crippen LogP contribution in [0, 0.1) is 5.92 Å². The fraction of sp³-hybridized carbons (Fsp3) is 0.273. The third-order valence-corrected chi connectivity index (χ3v) is 4.90. The molecule has 27 heavy (non-hydrogen) atoms. The Balaban J connectivity index is 1.58. The Hall–Kier alpha value is -3.08. The van der Waals surface area contributed by atoms with E-state index in [4.69, 9.17) is 9.47 Å². The first-order chi connectivity index (χ1) is 13.2. The third kappa shape index (κ3) is 3.33. The summed E-state index contributed by atoms with van der Waals surface area (Å²) in [6, 6.07) is 17.6. The number of nitrogens with zero attached hydrogens (tertiary/aromatic N) is 1. The highest BCUT2D eigenvalue weighted by Gasteiger charge is 2.35. The molecule has 0 bridgehead atoms. The maximum atomic E-state index is 12.7. The zero-order chi connectivity index (χ0) is 18.8. The summed E-state index contributed by atoms with van der Waals surface area (Å²) in [6.45, 7) is 3.15. The summed E-state index contributed by atoms with van der Waals surface area (Å²) in [6.07, 6.45) is 0.473. The van der Waals surface area contributed by atoms with E-state index in [0.29, 0.717) is 25.3 Å². The average Bonchev–Trinajstić information content (AvgIpc) is 3.06. The first kappa shape index (κ1) is 17.3. The predicted molar refractivity (Wildman–Crippen MR) is 102 cm³/mol. The molecule has 5 heteroatoms. The summed E-state index contributed by atoms with van der Waals surface area (Å²) in [5, 5.41) is 0.938. The summed E-state index contributed by atoms with van der Waals surface area (Å²) < 4.78 is 12.9. The molecule has 0 N–H and O–H groups in total. The van der Waals surface area contributed by atoms with E-state index in [1.807, 2.05) is 59.2 Å². The number of aromatic nitrogens is 1. The second-order valence-corrected chi connectivity index (χ2v) is 6.63. The maximum Gasteiger partial charge on any atom is 0.316 e. The van der Waals surface area contributed by atoms with Crippen LogP contribution in [0.15, 0.2) is 54.6 Å². The Kier molecular flexibility index (Phi) is 4.67. The largest absolute Gasteiger partial charge is 0.489 e. The van der Waals surface area contributed by atoms with Gasteiger partial charge in [-0.15, -0.1) is 0 Å². The Morgan fingerprint density at radius 2 is 1.96 bits per heavy atom. The molecular weight excluding hydrogens is 342 g/mol. The number of carbonyl (C=O) groups is 2. The fourth-order valence-corrected chi connectivity index (χ4v) is 3.56. The van der Waals surface area contributed by atoms with Gasteiger partial charge < -0.3 is 14.0 Å². The highest BCUT2D eigenvalue weighted by molar-refractivity contribution is 6.10. The van der Waals surface area contributed by atoms with Crippen LogP contribution in [0.2, 0.25) is 0 Å². The van der Waals surface area contributed by atoms with Gasteiger partial charge in [0.2, 0.25) is 0 Å². The molecule has 1 unspecified atom stereocenters. The van der Waals surface area contributed by atoms with Crippen molar-refractivity contribution in [1.82, 2.24) is 4.57 Å². The Morgan fingerprint density at radius 3 is 2.74 bits per heavy atom. The number of Topliss-reactive ketones (excluding diaryl/α,β-unsaturated/α-hetero) is 1. The van der Waals surface area contributed by atoms with Gasteiger partial charge in [0, 0.05) is 17.4 Å². The molecule has 4 rings (SSSR count). The highest BCUT2D eigenvalue weighted by Crippen LogP contribution is 2.31. The van der Waals surface area contributed by atoms with E-state index in [9.17, 15) is 9.59 Å². The zero-order valence-electron chi connectivity index (χ0n) is 15.2. The number of aryl methyl sites for hydroxylation is 1. The lowest BCUT2D eigenvalue weighted by atomic mass is 9.95. The molecule has 0 saturated heterocycles. The predicted octanol–water partition coefficient (Wildman–Crippen LogP) is 3.99. The van der Waals surface area contributed by atoms with Crippen molar-refractivity contribution in [2.24, 2.45) is 5.92 Å². The van der Waals surface area contributed by atoms with Crippen LogP contribution < -0.4 is 4.74 Å². The van der Waals surface area contributed by atoms with Gasteiger partial charge in [0.1, 0.15) is 18.3 Å². The molecule has 0 fully saturated rings. The topological polar surface area (TPSA) is 57.5 Å². The average molecular weight is 363 g/mol. The summed E-state index contributed by atoms with van der Waals surface area (Å²) in [4.78, 5) is 24.8. The van der Waals surface area contributed by atoms with Crippen molar-refractivity contribution in [3.05, 3.63) is 65.9 Å². The fourth-order valence-electron chi connectivity index (χ4n) is 3.56. The molecule has 5 nitrogen and oxygen atoms in total. The third-order valence-electron chi connectivity index (χ3n) is 4.90. The van der Waals surface area contributed by atoms with Gasteiger partial charge in [-0.05, 0) is 43.2 Å². The van der Waals surface area contributed by atoms with Crippen LogP contribution in [0.3, 0.4) is 0 Å². The van der Waals surface area contributed by atoms with E-state index in [2.05, 4.69) is 0 Å². The van der Waals surface area contributed by atoms with Crippen LogP contribution in [0.4, 0.5) is 0 Å². The van der Waals surface area contributed by atoms with Crippen molar-refractivity contribution in [1.29, 1.82) is 0 Å². The molecule has 0 amide bonds. The minimum Gasteiger partial charge on any atom is -0.489 e. The highest BCUT2D eigenvalue weighted by atomic mass is 16.5. The molecule has 0 saturated carbocycles. The quantitative estimate of drug-likeness (QED) is 0.508. The normalized spacial score (nSPS) is 16.2. The molecule has 3 aromatic rings. The number of esters is 1. The second kappa shape index (κ2) is 7.27. The standard InChI is InChI=1S/C22H21NO4/c1-2-26-22(25)18-10-11-23-19-9-8-17(12-16(19)13-20(23)21(18)24)27-14-15-6-4-3-5-7-15/h3-9,12-13,18H,2,10-11,14H2,1H3. The van der Waals surface area contributed by atoms with Crippen molar-refractivity contribution in [3.63, 3.8) is 0 Å². The molecule has 0 radical (unpaired) electrons. The van der Waals surface area contributed by atoms with E-state index in [1.54, 1.807) is 6.92 Å². The van der Waals surface area contributed by atoms with E-state index in [-0.39, 0.29) is 12.4 Å². The number of hydrogen-bond acceptors (Lipinski definition) is 4. The lowest BCUT2D eigenvalue weighted by molar-refractivity contribution is -0.146. The van der Waals surface area contributed by atoms with Gasteiger partial charge in [-0.25, -0.2) is 0 Å². The van der Waals surface area contributed by atoms with Gasteiger partial charge in [0.05, 0.1) is 12.3 Å². The van der Waals surface area contributed by atoms with E-state index >= 15 is 0 Å². The molecule has 1 atom stereocenters. The van der Waals surface area contributed by atoms with Crippen LogP contribution in [-0.2, 0) is 22.7 Å². The summed E-state index contributed by atoms with van der Waals surface area (Å²) in [7, 11) is 0. The molecule has 1 aromatic heterocycles. The van der Waals surface area contributed by atoms with Crippen LogP contribution in [0.25, 0.3) is 10.9 Å². The lowest BCUT2D eigenvalue weighted by Crippen LogP contribution is -2.33. The van der Waals surface area contributed by atoms with Crippen molar-refractivity contribution >= 4 is 22.7 Å². The molecule has 2 aromatic carbocycles. The summed E-state index contributed by atoms with van der Waals surface area (Å²) >= 11 is 0. The van der Waals surface area contributed by atoms with Crippen LogP contribution in [-0.4, -0.2) is 22.9 Å². The van der Waals surface area contributed by atoms with E-state index in [0.717, 1.165) is 22.2 Å². The summed E-state index contributed by atoms with van der Waals surface area (Å²) in [5.74, 6) is -0.534. The molecule has 0 spiro atoms. The Bertz CT molecular complexity index is 990.